The van der Waals surface area contributed by atoms with Gasteiger partial charge < -0.3 is 9.47 Å². The van der Waals surface area contributed by atoms with Crippen molar-refractivity contribution in [1.29, 1.82) is 0 Å². The number of hydrogen-bond acceptors (Lipinski definition) is 4. The summed E-state index contributed by atoms with van der Waals surface area (Å²) < 4.78 is 10.5. The number of ether oxygens (including phenoxy) is 2. The van der Waals surface area contributed by atoms with Crippen LogP contribution in [0, 0.1) is 0 Å². The lowest BCUT2D eigenvalue weighted by molar-refractivity contribution is 0.0521. The minimum absolute atomic E-state index is 0.303. The van der Waals surface area contributed by atoms with Gasteiger partial charge in [0.1, 0.15) is 5.56 Å². The molecule has 1 aromatic heterocycles. The van der Waals surface area contributed by atoms with Crippen LogP contribution in [0.2, 0.25) is 0 Å². The fourth-order valence-corrected chi connectivity index (χ4v) is 1.94. The second-order valence-corrected chi connectivity index (χ2v) is 4.20. The molecule has 1 N–H and O–H groups in total. The van der Waals surface area contributed by atoms with Gasteiger partial charge in [0, 0.05) is 6.42 Å². The van der Waals surface area contributed by atoms with Crippen molar-refractivity contribution in [3.8, 4) is 5.88 Å². The Kier molecular flexibility index (Phi) is 4.76. The molecule has 5 nitrogen and oxygen atoms in total. The molecule has 0 aliphatic rings. The third-order valence-corrected chi connectivity index (χ3v) is 2.79. The highest BCUT2D eigenvalue weighted by Gasteiger charge is 2.22. The molecule has 0 aliphatic heterocycles. The smallest absolute Gasteiger partial charge is 0.345 e. The molecule has 0 atom stereocenters. The molecule has 0 unspecified atom stereocenters. The number of carbonyl (C=O) groups excluding carboxylic acids is 1. The van der Waals surface area contributed by atoms with Gasteiger partial charge in [-0.15, -0.1) is 5.10 Å². The summed E-state index contributed by atoms with van der Waals surface area (Å²) in [5, 5.41) is 6.93. The fourth-order valence-electron chi connectivity index (χ4n) is 1.94. The first kappa shape index (κ1) is 14.1. The molecule has 0 fully saturated rings. The number of carbonyl (C=O) groups is 1. The third kappa shape index (κ3) is 3.17. The minimum Gasteiger partial charge on any atom is -0.476 e. The molecule has 0 radical (unpaired) electrons. The average Bonchev–Trinajstić information content (AvgIpc) is 2.83. The topological polar surface area (TPSA) is 64.2 Å². The van der Waals surface area contributed by atoms with Crippen molar-refractivity contribution in [3.63, 3.8) is 0 Å². The van der Waals surface area contributed by atoms with Crippen LogP contribution in [0.5, 0.6) is 5.88 Å². The maximum Gasteiger partial charge on any atom is 0.345 e. The highest BCUT2D eigenvalue weighted by Crippen LogP contribution is 2.22. The molecule has 106 valence electrons. The van der Waals surface area contributed by atoms with Gasteiger partial charge in [-0.05, 0) is 19.4 Å². The van der Waals surface area contributed by atoms with E-state index in [0.29, 0.717) is 36.8 Å². The molecule has 0 amide bonds. The van der Waals surface area contributed by atoms with Gasteiger partial charge >= 0.3 is 5.97 Å². The quantitative estimate of drug-likeness (QED) is 0.822. The second-order valence-electron chi connectivity index (χ2n) is 4.20. The van der Waals surface area contributed by atoms with Crippen molar-refractivity contribution in [1.82, 2.24) is 10.2 Å². The van der Waals surface area contributed by atoms with Gasteiger partial charge in [0.25, 0.3) is 0 Å². The van der Waals surface area contributed by atoms with Crippen LogP contribution in [-0.4, -0.2) is 29.4 Å². The zero-order valence-corrected chi connectivity index (χ0v) is 11.7. The number of nitrogens with one attached hydrogen (secondary N) is 1. The van der Waals surface area contributed by atoms with E-state index in [-0.39, 0.29) is 0 Å². The number of nitrogens with zero attached hydrogens (tertiary/aromatic N) is 1. The van der Waals surface area contributed by atoms with Crippen LogP contribution >= 0.6 is 0 Å². The predicted molar refractivity (Wildman–Crippen MR) is 75.0 cm³/mol. The largest absolute Gasteiger partial charge is 0.476 e. The van der Waals surface area contributed by atoms with Crippen LogP contribution in [0.4, 0.5) is 0 Å². The summed E-state index contributed by atoms with van der Waals surface area (Å²) in [6, 6.07) is 9.86. The minimum atomic E-state index is -0.407. The van der Waals surface area contributed by atoms with Crippen LogP contribution in [0.25, 0.3) is 0 Å². The summed E-state index contributed by atoms with van der Waals surface area (Å²) in [7, 11) is 0. The maximum atomic E-state index is 12.1. The summed E-state index contributed by atoms with van der Waals surface area (Å²) in [6.45, 7) is 4.39. The number of benzene rings is 1. The molecule has 20 heavy (non-hydrogen) atoms. The summed E-state index contributed by atoms with van der Waals surface area (Å²) in [4.78, 5) is 12.1. The Hall–Kier alpha value is -2.30. The standard InChI is InChI=1S/C15H18N2O3/c1-3-19-14-13(15(18)20-4-2)12(16-17-14)10-11-8-6-5-7-9-11/h5-9H,3-4,10H2,1-2H3,(H,16,17). The van der Waals surface area contributed by atoms with Crippen LogP contribution in [0.3, 0.4) is 0 Å². The highest BCUT2D eigenvalue weighted by atomic mass is 16.5. The zero-order chi connectivity index (χ0) is 14.4. The first-order valence-electron chi connectivity index (χ1n) is 6.67. The van der Waals surface area contributed by atoms with Gasteiger partial charge in [-0.25, -0.2) is 4.79 Å². The molecule has 0 aliphatic carbocycles. The maximum absolute atomic E-state index is 12.1. The van der Waals surface area contributed by atoms with E-state index in [1.807, 2.05) is 37.3 Å². The zero-order valence-electron chi connectivity index (χ0n) is 11.7. The van der Waals surface area contributed by atoms with Crippen LogP contribution < -0.4 is 4.74 Å². The van der Waals surface area contributed by atoms with Gasteiger partial charge in [-0.2, -0.15) is 0 Å². The molecule has 5 heteroatoms. The lowest BCUT2D eigenvalue weighted by Gasteiger charge is -2.06. The van der Waals surface area contributed by atoms with E-state index in [4.69, 9.17) is 9.47 Å². The number of esters is 1. The number of H-pyrrole nitrogens is 1. The van der Waals surface area contributed by atoms with E-state index in [1.165, 1.54) is 0 Å². The van der Waals surface area contributed by atoms with E-state index in [9.17, 15) is 4.79 Å². The molecule has 0 bridgehead atoms. The van der Waals surface area contributed by atoms with Crippen LogP contribution in [-0.2, 0) is 11.2 Å². The Morgan fingerprint density at radius 3 is 2.60 bits per heavy atom. The van der Waals surface area contributed by atoms with E-state index < -0.39 is 5.97 Å². The van der Waals surface area contributed by atoms with Gasteiger partial charge in [-0.1, -0.05) is 30.3 Å². The molecule has 0 spiro atoms. The van der Waals surface area contributed by atoms with Crippen LogP contribution in [0.15, 0.2) is 30.3 Å². The number of hydrogen-bond donors (Lipinski definition) is 1. The SMILES string of the molecule is CCOC(=O)c1c(OCC)n[nH]c1Cc1ccccc1. The fraction of sp³-hybridized carbons (Fsp3) is 0.333. The first-order valence-corrected chi connectivity index (χ1v) is 6.67. The summed E-state index contributed by atoms with van der Waals surface area (Å²) in [5.41, 5.74) is 2.18. The number of rotatable bonds is 6. The molecule has 1 heterocycles. The van der Waals surface area contributed by atoms with Crippen molar-refractivity contribution in [2.45, 2.75) is 20.3 Å². The molecular formula is C15H18N2O3. The van der Waals surface area contributed by atoms with Crippen molar-refractivity contribution in [2.24, 2.45) is 0 Å². The Bertz CT molecular complexity index is 564. The van der Waals surface area contributed by atoms with Crippen molar-refractivity contribution in [2.75, 3.05) is 13.2 Å². The van der Waals surface area contributed by atoms with E-state index in [2.05, 4.69) is 10.2 Å². The lowest BCUT2D eigenvalue weighted by Crippen LogP contribution is -2.09. The number of aromatic amines is 1. The second kappa shape index (κ2) is 6.75. The Balaban J connectivity index is 2.30. The Labute approximate surface area is 117 Å². The van der Waals surface area contributed by atoms with E-state index in [1.54, 1.807) is 6.92 Å². The predicted octanol–water partition coefficient (Wildman–Crippen LogP) is 2.58. The monoisotopic (exact) mass is 274 g/mol. The molecule has 0 saturated carbocycles. The highest BCUT2D eigenvalue weighted by molar-refractivity contribution is 5.93. The lowest BCUT2D eigenvalue weighted by atomic mass is 10.1. The van der Waals surface area contributed by atoms with Crippen molar-refractivity contribution >= 4 is 5.97 Å². The molecule has 2 rings (SSSR count). The van der Waals surface area contributed by atoms with E-state index in [0.717, 1.165) is 5.56 Å². The molecule has 2 aromatic rings. The van der Waals surface area contributed by atoms with E-state index >= 15 is 0 Å². The van der Waals surface area contributed by atoms with Gasteiger partial charge in [0.15, 0.2) is 0 Å². The number of aromatic nitrogens is 2. The average molecular weight is 274 g/mol. The van der Waals surface area contributed by atoms with Gasteiger partial charge in [0.05, 0.1) is 18.9 Å². The summed E-state index contributed by atoms with van der Waals surface area (Å²) >= 11 is 0. The summed E-state index contributed by atoms with van der Waals surface area (Å²) in [6.07, 6.45) is 0.578. The van der Waals surface area contributed by atoms with Gasteiger partial charge in [-0.3, -0.25) is 5.10 Å². The molecule has 1 aromatic carbocycles. The summed E-state index contributed by atoms with van der Waals surface area (Å²) in [5.74, 6) is -0.104. The Morgan fingerprint density at radius 2 is 1.95 bits per heavy atom. The molecular weight excluding hydrogens is 256 g/mol. The molecule has 0 saturated heterocycles. The van der Waals surface area contributed by atoms with Crippen molar-refractivity contribution < 1.29 is 14.3 Å². The van der Waals surface area contributed by atoms with Crippen LogP contribution in [0.1, 0.15) is 35.5 Å². The van der Waals surface area contributed by atoms with Crippen molar-refractivity contribution in [3.05, 3.63) is 47.2 Å². The normalized spacial score (nSPS) is 10.3. The third-order valence-electron chi connectivity index (χ3n) is 2.79. The van der Waals surface area contributed by atoms with Gasteiger partial charge in [0.2, 0.25) is 5.88 Å². The first-order chi connectivity index (χ1) is 9.76. The Morgan fingerprint density at radius 1 is 1.20 bits per heavy atom.